The topological polar surface area (TPSA) is 64.6 Å². The van der Waals surface area contributed by atoms with Gasteiger partial charge in [0, 0.05) is 29.0 Å². The number of esters is 1. The predicted octanol–water partition coefficient (Wildman–Crippen LogP) is 6.20. The number of hydrogen-bond acceptors (Lipinski definition) is 5. The first-order valence-corrected chi connectivity index (χ1v) is 12.4. The van der Waals surface area contributed by atoms with Crippen molar-refractivity contribution in [2.24, 2.45) is 5.41 Å². The van der Waals surface area contributed by atoms with E-state index in [0.717, 1.165) is 61.2 Å². The summed E-state index contributed by atoms with van der Waals surface area (Å²) in [5.41, 5.74) is 3.62. The molecule has 0 spiro atoms. The van der Waals surface area contributed by atoms with Crippen molar-refractivity contribution >= 4 is 11.8 Å². The fraction of sp³-hybridized carbons (Fsp3) is 0.571. The summed E-state index contributed by atoms with van der Waals surface area (Å²) in [4.78, 5) is 26.8. The molecule has 0 unspecified atom stereocenters. The van der Waals surface area contributed by atoms with E-state index in [-0.39, 0.29) is 17.2 Å². The largest absolute Gasteiger partial charge is 0.493 e. The van der Waals surface area contributed by atoms with E-state index in [4.69, 9.17) is 9.47 Å². The lowest BCUT2D eigenvalue weighted by Crippen LogP contribution is -2.38. The van der Waals surface area contributed by atoms with Gasteiger partial charge in [0.05, 0.1) is 24.7 Å². The molecule has 2 aliphatic rings. The van der Waals surface area contributed by atoms with Crippen molar-refractivity contribution in [3.05, 3.63) is 52.4 Å². The van der Waals surface area contributed by atoms with Crippen LogP contribution >= 0.6 is 0 Å². The molecule has 1 heterocycles. The van der Waals surface area contributed by atoms with Gasteiger partial charge in [0.25, 0.3) is 0 Å². The molecule has 180 valence electrons. The lowest BCUT2D eigenvalue weighted by molar-refractivity contribution is -0.139. The van der Waals surface area contributed by atoms with Gasteiger partial charge >= 0.3 is 5.97 Å². The quantitative estimate of drug-likeness (QED) is 0.337. The SMILES string of the molecule is CCCCCOC(=O)C1=C(C)NC2=C(C(=O)CC(C)(C)C2)[C@H]1c1ccccc1OCCCC. The van der Waals surface area contributed by atoms with Crippen LogP contribution in [-0.2, 0) is 14.3 Å². The maximum atomic E-state index is 13.5. The molecule has 0 amide bonds. The molecule has 1 aromatic carbocycles. The highest BCUT2D eigenvalue weighted by molar-refractivity contribution is 6.04. The van der Waals surface area contributed by atoms with Crippen LogP contribution in [0.3, 0.4) is 0 Å². The van der Waals surface area contributed by atoms with Gasteiger partial charge in [0.1, 0.15) is 5.75 Å². The number of benzene rings is 1. The Balaban J connectivity index is 2.05. The van der Waals surface area contributed by atoms with Crippen LogP contribution in [0.5, 0.6) is 5.75 Å². The Morgan fingerprint density at radius 3 is 2.52 bits per heavy atom. The summed E-state index contributed by atoms with van der Waals surface area (Å²) < 4.78 is 11.8. The standard InChI is InChI=1S/C28H39NO4/c1-6-8-12-16-33-27(31)24-19(3)29-21-17-28(4,5)18-22(30)26(21)25(24)20-13-10-11-14-23(20)32-15-9-7-2/h10-11,13-14,25,29H,6-9,12,15-18H2,1-5H3/t25-/m0/s1. The van der Waals surface area contributed by atoms with Crippen LogP contribution in [0.15, 0.2) is 46.8 Å². The minimum atomic E-state index is -0.485. The minimum absolute atomic E-state index is 0.0888. The zero-order chi connectivity index (χ0) is 24.0. The second-order valence-corrected chi connectivity index (χ2v) is 10.0. The number of carbonyl (C=O) groups is 2. The number of rotatable bonds is 10. The summed E-state index contributed by atoms with van der Waals surface area (Å²) in [6, 6.07) is 7.80. The third-order valence-corrected chi connectivity index (χ3v) is 6.43. The first-order valence-electron chi connectivity index (χ1n) is 12.4. The first-order chi connectivity index (χ1) is 15.8. The highest BCUT2D eigenvalue weighted by Gasteiger charge is 2.44. The van der Waals surface area contributed by atoms with Crippen LogP contribution in [0.4, 0.5) is 0 Å². The molecule has 1 aromatic rings. The fourth-order valence-electron chi connectivity index (χ4n) is 4.79. The average Bonchev–Trinajstić information content (AvgIpc) is 2.75. The number of hydrogen-bond donors (Lipinski definition) is 1. The number of dihydropyridines is 1. The van der Waals surface area contributed by atoms with Crippen LogP contribution in [-0.4, -0.2) is 25.0 Å². The number of ether oxygens (including phenoxy) is 2. The lowest BCUT2D eigenvalue weighted by atomic mass is 9.68. The predicted molar refractivity (Wildman–Crippen MR) is 131 cm³/mol. The molecule has 0 fully saturated rings. The number of ketones is 1. The van der Waals surface area contributed by atoms with Crippen molar-refractivity contribution < 1.29 is 19.1 Å². The van der Waals surface area contributed by atoms with Crippen LogP contribution in [0.25, 0.3) is 0 Å². The van der Waals surface area contributed by atoms with Crippen LogP contribution in [0, 0.1) is 5.41 Å². The van der Waals surface area contributed by atoms with Gasteiger partial charge in [-0.15, -0.1) is 0 Å². The van der Waals surface area contributed by atoms with Gasteiger partial charge in [-0.1, -0.05) is 65.2 Å². The molecule has 1 N–H and O–H groups in total. The van der Waals surface area contributed by atoms with Crippen molar-refractivity contribution in [1.29, 1.82) is 0 Å². The van der Waals surface area contributed by atoms with Gasteiger partial charge in [-0.25, -0.2) is 4.79 Å². The summed E-state index contributed by atoms with van der Waals surface area (Å²) in [7, 11) is 0. The summed E-state index contributed by atoms with van der Waals surface area (Å²) in [6.45, 7) is 11.4. The van der Waals surface area contributed by atoms with E-state index in [9.17, 15) is 9.59 Å². The van der Waals surface area contributed by atoms with Gasteiger partial charge < -0.3 is 14.8 Å². The zero-order valence-corrected chi connectivity index (χ0v) is 20.9. The van der Waals surface area contributed by atoms with E-state index >= 15 is 0 Å². The number of allylic oxidation sites excluding steroid dienone is 3. The van der Waals surface area contributed by atoms with E-state index in [1.807, 2.05) is 31.2 Å². The molecule has 0 aromatic heterocycles. The smallest absolute Gasteiger partial charge is 0.336 e. The number of nitrogens with one attached hydrogen (secondary N) is 1. The summed E-state index contributed by atoms with van der Waals surface area (Å²) in [5, 5.41) is 3.41. The van der Waals surface area contributed by atoms with Crippen LogP contribution < -0.4 is 10.1 Å². The van der Waals surface area contributed by atoms with Crippen molar-refractivity contribution in [2.45, 2.75) is 85.5 Å². The molecule has 33 heavy (non-hydrogen) atoms. The Labute approximate surface area is 198 Å². The molecule has 0 bridgehead atoms. The van der Waals surface area contributed by atoms with Crippen molar-refractivity contribution in [3.8, 4) is 5.75 Å². The second kappa shape index (κ2) is 11.0. The molecule has 5 heteroatoms. The fourth-order valence-corrected chi connectivity index (χ4v) is 4.79. The van der Waals surface area contributed by atoms with Crippen molar-refractivity contribution in [3.63, 3.8) is 0 Å². The Kier molecular flexibility index (Phi) is 8.39. The molecule has 5 nitrogen and oxygen atoms in total. The maximum absolute atomic E-state index is 13.5. The summed E-state index contributed by atoms with van der Waals surface area (Å²) in [5.74, 6) is -0.0210. The monoisotopic (exact) mass is 453 g/mol. The number of carbonyl (C=O) groups excluding carboxylic acids is 2. The highest BCUT2D eigenvalue weighted by atomic mass is 16.5. The van der Waals surface area contributed by atoms with Gasteiger partial charge in [-0.05, 0) is 37.7 Å². The zero-order valence-electron chi connectivity index (χ0n) is 20.9. The van der Waals surface area contributed by atoms with Crippen LogP contribution in [0.2, 0.25) is 0 Å². The summed E-state index contributed by atoms with van der Waals surface area (Å²) >= 11 is 0. The van der Waals surface area contributed by atoms with Gasteiger partial charge in [0.15, 0.2) is 5.78 Å². The van der Waals surface area contributed by atoms with Crippen molar-refractivity contribution in [2.75, 3.05) is 13.2 Å². The Morgan fingerprint density at radius 2 is 1.79 bits per heavy atom. The molecule has 1 aliphatic carbocycles. The van der Waals surface area contributed by atoms with Crippen molar-refractivity contribution in [1.82, 2.24) is 5.32 Å². The van der Waals surface area contributed by atoms with Gasteiger partial charge in [0.2, 0.25) is 0 Å². The molecule has 0 saturated carbocycles. The van der Waals surface area contributed by atoms with Gasteiger partial charge in [-0.3, -0.25) is 4.79 Å². The molecule has 3 rings (SSSR count). The summed E-state index contributed by atoms with van der Waals surface area (Å²) in [6.07, 6.45) is 6.12. The first kappa shape index (κ1) is 25.1. The molecule has 1 atom stereocenters. The highest BCUT2D eigenvalue weighted by Crippen LogP contribution is 2.48. The van der Waals surface area contributed by atoms with E-state index in [1.54, 1.807) is 0 Å². The average molecular weight is 454 g/mol. The van der Waals surface area contributed by atoms with E-state index in [0.29, 0.717) is 30.8 Å². The third kappa shape index (κ3) is 5.87. The molecule has 1 aliphatic heterocycles. The second-order valence-electron chi connectivity index (χ2n) is 10.0. The van der Waals surface area contributed by atoms with E-state index in [1.165, 1.54) is 0 Å². The maximum Gasteiger partial charge on any atom is 0.336 e. The molecular weight excluding hydrogens is 414 g/mol. The Hall–Kier alpha value is -2.56. The molecule has 0 radical (unpaired) electrons. The van der Waals surface area contributed by atoms with E-state index < -0.39 is 5.92 Å². The third-order valence-electron chi connectivity index (χ3n) is 6.43. The molecular formula is C28H39NO4. The Bertz CT molecular complexity index is 941. The van der Waals surface area contributed by atoms with Crippen LogP contribution in [0.1, 0.15) is 91.0 Å². The normalized spacial score (nSPS) is 19.8. The molecule has 0 saturated heterocycles. The minimum Gasteiger partial charge on any atom is -0.493 e. The number of Topliss-reactive ketones (excluding diaryl/α,β-unsaturated/α-hetero) is 1. The lowest BCUT2D eigenvalue weighted by Gasteiger charge is -2.39. The number of unbranched alkanes of at least 4 members (excludes halogenated alkanes) is 3. The Morgan fingerprint density at radius 1 is 1.06 bits per heavy atom. The number of para-hydroxylation sites is 1. The van der Waals surface area contributed by atoms with Gasteiger partial charge in [-0.2, -0.15) is 0 Å². The van der Waals surface area contributed by atoms with E-state index in [2.05, 4.69) is 33.0 Å².